The number of aryl methyl sites for hydroxylation is 1. The number of allylic oxidation sites excluding steroid dienone is 2. The van der Waals surface area contributed by atoms with Crippen LogP contribution in [-0.4, -0.2) is 20.9 Å². The molecule has 0 aliphatic rings. The molecule has 0 saturated heterocycles. The van der Waals surface area contributed by atoms with Crippen LogP contribution in [0.4, 0.5) is 4.39 Å². The summed E-state index contributed by atoms with van der Waals surface area (Å²) in [5.41, 5.74) is 6.66. The predicted molar refractivity (Wildman–Crippen MR) is 207 cm³/mol. The van der Waals surface area contributed by atoms with Crippen LogP contribution in [0.3, 0.4) is 0 Å². The van der Waals surface area contributed by atoms with Gasteiger partial charge in [-0.2, -0.15) is 0 Å². The molecule has 1 radical (unpaired) electrons. The SMILES string of the molecule is CCC(CC)C(=O)/C=C(\O)C(CC)CC.Cc1cc2c(cc1CC(C)(C)C)sc1c(-c3[c-]c4cc(F)ccc4c(C(C)(C)C)c3)ncnc12.[Ir]. The third-order valence-corrected chi connectivity index (χ3v) is 10.6. The van der Waals surface area contributed by atoms with Crippen molar-refractivity contribution in [1.29, 1.82) is 0 Å². The fraction of sp³-hybridized carbons (Fsp3) is 0.465. The van der Waals surface area contributed by atoms with E-state index in [1.165, 1.54) is 33.4 Å². The molecule has 5 aromatic rings. The van der Waals surface area contributed by atoms with Crippen LogP contribution in [0.25, 0.3) is 42.3 Å². The Bertz CT molecular complexity index is 1980. The van der Waals surface area contributed by atoms with E-state index in [1.54, 1.807) is 23.7 Å². The van der Waals surface area contributed by atoms with Crippen LogP contribution in [0.5, 0.6) is 0 Å². The van der Waals surface area contributed by atoms with E-state index in [4.69, 9.17) is 4.98 Å². The van der Waals surface area contributed by atoms with Gasteiger partial charge in [-0.3, -0.25) is 9.78 Å². The zero-order valence-electron chi connectivity index (χ0n) is 31.7. The third kappa shape index (κ3) is 9.66. The number of benzene rings is 3. The van der Waals surface area contributed by atoms with Gasteiger partial charge in [0, 0.05) is 58.5 Å². The number of ketones is 1. The summed E-state index contributed by atoms with van der Waals surface area (Å²) in [5.74, 6) is 0.295. The Balaban J connectivity index is 0.000000361. The molecule has 0 bridgehead atoms. The number of nitrogens with zero attached hydrogens (tertiary/aromatic N) is 2. The molecule has 1 N–H and O–H groups in total. The number of aromatic nitrogens is 2. The Morgan fingerprint density at radius 1 is 0.920 bits per heavy atom. The van der Waals surface area contributed by atoms with Gasteiger partial charge in [0.1, 0.15) is 6.33 Å². The summed E-state index contributed by atoms with van der Waals surface area (Å²) >= 11 is 1.73. The van der Waals surface area contributed by atoms with Crippen molar-refractivity contribution in [1.82, 2.24) is 9.97 Å². The first kappa shape index (κ1) is 41.4. The standard InChI is InChI=1S/C30H30FN2S.C13H24O2.Ir/c1-17-10-23-25(14-20(17)15-29(2,3)4)34-28-26(32-16-33-27(23)28)19-11-18-12-21(31)8-9-22(18)24(13-19)30(5,6)7;1-5-10(6-2)12(14)9-13(15)11(7-3)8-4;/h8-10,12-14,16H,15H2,1-7H3;9-11,14H,5-8H2,1-4H3;/q-1;;/b;12-9-;. The second-order valence-corrected chi connectivity index (χ2v) is 16.6. The van der Waals surface area contributed by atoms with Crippen molar-refractivity contribution < 1.29 is 34.4 Å². The molecule has 2 heterocycles. The molecule has 2 aromatic heterocycles. The van der Waals surface area contributed by atoms with E-state index in [2.05, 4.69) is 77.7 Å². The Morgan fingerprint density at radius 3 is 2.14 bits per heavy atom. The first-order valence-electron chi connectivity index (χ1n) is 17.8. The maximum absolute atomic E-state index is 14.1. The van der Waals surface area contributed by atoms with Crippen LogP contribution in [0.1, 0.15) is 112 Å². The average molecular weight is 874 g/mol. The van der Waals surface area contributed by atoms with Gasteiger partial charge in [-0.05, 0) is 79.2 Å². The summed E-state index contributed by atoms with van der Waals surface area (Å²) in [6.07, 6.45) is 7.58. The van der Waals surface area contributed by atoms with E-state index in [0.717, 1.165) is 69.9 Å². The second kappa shape index (κ2) is 17.0. The molecule has 3 aromatic carbocycles. The molecule has 7 heteroatoms. The van der Waals surface area contributed by atoms with Crippen LogP contribution in [-0.2, 0) is 36.7 Å². The number of rotatable bonds is 9. The maximum Gasteiger partial charge on any atom is 0.162 e. The molecule has 5 rings (SSSR count). The molecule has 50 heavy (non-hydrogen) atoms. The number of aliphatic hydroxyl groups excluding tert-OH is 1. The average Bonchev–Trinajstić information content (AvgIpc) is 3.38. The minimum Gasteiger partial charge on any atom is -0.512 e. The van der Waals surface area contributed by atoms with Gasteiger partial charge in [-0.1, -0.05) is 92.3 Å². The number of aliphatic hydroxyl groups is 1. The molecular weight excluding hydrogens is 820 g/mol. The Hall–Kier alpha value is -2.99. The molecule has 0 aliphatic carbocycles. The molecule has 0 spiro atoms. The van der Waals surface area contributed by atoms with Crippen molar-refractivity contribution in [2.24, 2.45) is 17.3 Å². The van der Waals surface area contributed by atoms with Crippen molar-refractivity contribution in [3.8, 4) is 11.3 Å². The first-order valence-corrected chi connectivity index (χ1v) is 18.6. The van der Waals surface area contributed by atoms with E-state index < -0.39 is 0 Å². The summed E-state index contributed by atoms with van der Waals surface area (Å²) in [6.45, 7) is 23.6. The number of carbonyl (C=O) groups excluding carboxylic acids is 1. The number of thiophene rings is 1. The third-order valence-electron chi connectivity index (χ3n) is 9.40. The number of hydrogen-bond donors (Lipinski definition) is 1. The minimum absolute atomic E-state index is 0. The fourth-order valence-corrected chi connectivity index (χ4v) is 7.72. The minimum atomic E-state index is -0.252. The summed E-state index contributed by atoms with van der Waals surface area (Å²) < 4.78 is 16.4. The van der Waals surface area contributed by atoms with E-state index in [9.17, 15) is 14.3 Å². The fourth-order valence-electron chi connectivity index (χ4n) is 6.51. The predicted octanol–water partition coefficient (Wildman–Crippen LogP) is 12.7. The number of hydrogen-bond acceptors (Lipinski definition) is 5. The summed E-state index contributed by atoms with van der Waals surface area (Å²) in [7, 11) is 0. The van der Waals surface area contributed by atoms with E-state index >= 15 is 0 Å². The molecule has 4 nitrogen and oxygen atoms in total. The monoisotopic (exact) mass is 874 g/mol. The van der Waals surface area contributed by atoms with Crippen molar-refractivity contribution >= 4 is 48.2 Å². The summed E-state index contributed by atoms with van der Waals surface area (Å²) in [4.78, 5) is 21.1. The second-order valence-electron chi connectivity index (χ2n) is 15.5. The molecule has 0 amide bonds. The topological polar surface area (TPSA) is 63.1 Å². The number of carbonyl (C=O) groups is 1. The summed E-state index contributed by atoms with van der Waals surface area (Å²) in [6, 6.07) is 15.2. The molecular formula is C43H54FIrN2O2S-. The van der Waals surface area contributed by atoms with Gasteiger partial charge in [-0.25, -0.2) is 9.37 Å². The van der Waals surface area contributed by atoms with Crippen molar-refractivity contribution in [3.63, 3.8) is 0 Å². The largest absolute Gasteiger partial charge is 0.512 e. The quantitative estimate of drug-likeness (QED) is 0.0910. The van der Waals surface area contributed by atoms with Crippen LogP contribution in [0.15, 0.2) is 54.6 Å². The van der Waals surface area contributed by atoms with E-state index in [1.807, 2.05) is 33.8 Å². The maximum atomic E-state index is 14.1. The van der Waals surface area contributed by atoms with Crippen LogP contribution in [0.2, 0.25) is 0 Å². The van der Waals surface area contributed by atoms with Gasteiger partial charge in [0.2, 0.25) is 0 Å². The molecule has 0 aliphatic heterocycles. The molecule has 0 atom stereocenters. The van der Waals surface area contributed by atoms with Gasteiger partial charge in [0.05, 0.1) is 17.1 Å². The van der Waals surface area contributed by atoms with Gasteiger partial charge < -0.3 is 5.11 Å². The zero-order chi connectivity index (χ0) is 36.3. The number of fused-ring (bicyclic) bond motifs is 4. The van der Waals surface area contributed by atoms with Crippen molar-refractivity contribution in [2.45, 2.75) is 114 Å². The molecule has 0 unspecified atom stereocenters. The Kier molecular flexibility index (Phi) is 14.1. The zero-order valence-corrected chi connectivity index (χ0v) is 34.9. The smallest absolute Gasteiger partial charge is 0.162 e. The number of halogens is 1. The van der Waals surface area contributed by atoms with Crippen LogP contribution >= 0.6 is 11.3 Å². The van der Waals surface area contributed by atoms with Crippen LogP contribution < -0.4 is 0 Å². The van der Waals surface area contributed by atoms with Gasteiger partial charge >= 0.3 is 0 Å². The Morgan fingerprint density at radius 2 is 1.56 bits per heavy atom. The molecule has 0 saturated carbocycles. The molecule has 0 fully saturated rings. The van der Waals surface area contributed by atoms with Gasteiger partial charge in [0.25, 0.3) is 0 Å². The summed E-state index contributed by atoms with van der Waals surface area (Å²) in [5, 5.41) is 12.7. The van der Waals surface area contributed by atoms with Gasteiger partial charge in [-0.15, -0.1) is 34.4 Å². The van der Waals surface area contributed by atoms with E-state index in [-0.39, 0.29) is 60.1 Å². The van der Waals surface area contributed by atoms with Crippen molar-refractivity contribution in [3.05, 3.63) is 83.1 Å². The first-order chi connectivity index (χ1) is 23.0. The van der Waals surface area contributed by atoms with Crippen molar-refractivity contribution in [2.75, 3.05) is 0 Å². The molecule has 271 valence electrons. The normalized spacial score (nSPS) is 12.5. The van der Waals surface area contributed by atoms with Gasteiger partial charge in [0.15, 0.2) is 5.78 Å². The Labute approximate surface area is 316 Å². The van der Waals surface area contributed by atoms with E-state index in [0.29, 0.717) is 0 Å². The van der Waals surface area contributed by atoms with Crippen LogP contribution in [0, 0.1) is 36.1 Å².